The number of anilines is 1. The third-order valence-electron chi connectivity index (χ3n) is 5.30. The molecule has 0 fully saturated rings. The highest BCUT2D eigenvalue weighted by Gasteiger charge is 2.29. The van der Waals surface area contributed by atoms with Crippen LogP contribution in [0.1, 0.15) is 33.8 Å². The number of carbonyl (C=O) groups excluding carboxylic acids is 3. The number of fused-ring (bicyclic) bond motifs is 3. The van der Waals surface area contributed by atoms with Crippen molar-refractivity contribution in [2.75, 3.05) is 18.9 Å². The van der Waals surface area contributed by atoms with E-state index in [4.69, 9.17) is 15.2 Å². The molecule has 3 N–H and O–H groups in total. The summed E-state index contributed by atoms with van der Waals surface area (Å²) in [7, 11) is 0. The molecular weight excluding hydrogens is 408 g/mol. The van der Waals surface area contributed by atoms with Gasteiger partial charge in [0.25, 0.3) is 0 Å². The maximum Gasteiger partial charge on any atom is 0.407 e. The molecule has 3 aromatic carbocycles. The summed E-state index contributed by atoms with van der Waals surface area (Å²) in [4.78, 5) is 35.9. The standard InChI is InChI=1S/C25H22N2O5/c26-17-11-9-16(10-12-17)24(29)32-23(28)13-14-27-25(30)31-15-22-20-7-3-1-5-18(20)19-6-2-4-8-21(19)22/h1-12,22H,13-15,26H2,(H,27,30). The highest BCUT2D eigenvalue weighted by molar-refractivity contribution is 5.97. The Kier molecular flexibility index (Phi) is 6.17. The first-order chi connectivity index (χ1) is 15.5. The number of rotatable bonds is 6. The summed E-state index contributed by atoms with van der Waals surface area (Å²) in [5, 5.41) is 2.52. The summed E-state index contributed by atoms with van der Waals surface area (Å²) >= 11 is 0. The van der Waals surface area contributed by atoms with Crippen molar-refractivity contribution in [3.05, 3.63) is 89.5 Å². The number of ether oxygens (including phenoxy) is 2. The lowest BCUT2D eigenvalue weighted by atomic mass is 9.98. The van der Waals surface area contributed by atoms with E-state index in [1.807, 2.05) is 36.4 Å². The van der Waals surface area contributed by atoms with Gasteiger partial charge in [0, 0.05) is 18.2 Å². The largest absolute Gasteiger partial charge is 0.449 e. The van der Waals surface area contributed by atoms with E-state index in [9.17, 15) is 14.4 Å². The summed E-state index contributed by atoms with van der Waals surface area (Å²) in [5.74, 6) is -1.56. The van der Waals surface area contributed by atoms with Crippen LogP contribution in [0, 0.1) is 0 Å². The van der Waals surface area contributed by atoms with Crippen LogP contribution in [0.3, 0.4) is 0 Å². The average molecular weight is 430 g/mol. The number of hydrogen-bond donors (Lipinski definition) is 2. The van der Waals surface area contributed by atoms with Crippen molar-refractivity contribution in [2.24, 2.45) is 0 Å². The van der Waals surface area contributed by atoms with Gasteiger partial charge in [-0.15, -0.1) is 0 Å². The van der Waals surface area contributed by atoms with Gasteiger partial charge in [-0.1, -0.05) is 48.5 Å². The van der Waals surface area contributed by atoms with Crippen LogP contribution >= 0.6 is 0 Å². The Morgan fingerprint density at radius 3 is 2.06 bits per heavy atom. The fourth-order valence-electron chi connectivity index (χ4n) is 3.75. The van der Waals surface area contributed by atoms with Crippen LogP contribution in [0.5, 0.6) is 0 Å². The van der Waals surface area contributed by atoms with Gasteiger partial charge in [-0.05, 0) is 46.5 Å². The molecule has 32 heavy (non-hydrogen) atoms. The van der Waals surface area contributed by atoms with E-state index in [1.165, 1.54) is 12.1 Å². The number of benzene rings is 3. The van der Waals surface area contributed by atoms with Crippen LogP contribution in [0.15, 0.2) is 72.8 Å². The predicted molar refractivity (Wildman–Crippen MR) is 119 cm³/mol. The Morgan fingerprint density at radius 2 is 1.44 bits per heavy atom. The third kappa shape index (κ3) is 4.62. The molecule has 7 heteroatoms. The van der Waals surface area contributed by atoms with Gasteiger partial charge in [0.2, 0.25) is 0 Å². The van der Waals surface area contributed by atoms with Gasteiger partial charge in [0.05, 0.1) is 12.0 Å². The summed E-state index contributed by atoms with van der Waals surface area (Å²) in [6.45, 7) is 0.171. The fourth-order valence-corrected chi connectivity index (χ4v) is 3.75. The van der Waals surface area contributed by atoms with E-state index in [0.29, 0.717) is 5.69 Å². The highest BCUT2D eigenvalue weighted by atomic mass is 16.6. The van der Waals surface area contributed by atoms with Crippen molar-refractivity contribution in [2.45, 2.75) is 12.3 Å². The molecular formula is C25H22N2O5. The molecule has 162 valence electrons. The molecule has 0 radical (unpaired) electrons. The summed E-state index contributed by atoms with van der Waals surface area (Å²) in [6, 6.07) is 22.1. The van der Waals surface area contributed by atoms with Gasteiger partial charge in [-0.2, -0.15) is 0 Å². The van der Waals surface area contributed by atoms with E-state index in [1.54, 1.807) is 12.1 Å². The molecule has 1 aliphatic rings. The van der Waals surface area contributed by atoms with Crippen molar-refractivity contribution < 1.29 is 23.9 Å². The number of esters is 2. The summed E-state index contributed by atoms with van der Waals surface area (Å²) < 4.78 is 10.2. The lowest BCUT2D eigenvalue weighted by Gasteiger charge is -2.14. The molecule has 0 bridgehead atoms. The van der Waals surface area contributed by atoms with Crippen LogP contribution in [-0.2, 0) is 14.3 Å². The predicted octanol–water partition coefficient (Wildman–Crippen LogP) is 3.88. The molecule has 0 unspecified atom stereocenters. The molecule has 0 saturated heterocycles. The van der Waals surface area contributed by atoms with Crippen molar-refractivity contribution in [1.82, 2.24) is 5.32 Å². The lowest BCUT2D eigenvalue weighted by molar-refractivity contribution is -0.137. The van der Waals surface area contributed by atoms with Crippen molar-refractivity contribution >= 4 is 23.7 Å². The number of hydrogen-bond acceptors (Lipinski definition) is 6. The highest BCUT2D eigenvalue weighted by Crippen LogP contribution is 2.44. The number of nitrogen functional groups attached to an aromatic ring is 1. The maximum atomic E-state index is 12.1. The average Bonchev–Trinajstić information content (AvgIpc) is 3.12. The molecule has 1 amide bonds. The molecule has 0 aliphatic heterocycles. The number of alkyl carbamates (subject to hydrolysis) is 1. The maximum absolute atomic E-state index is 12.1. The molecule has 1 aliphatic carbocycles. The van der Waals surface area contributed by atoms with Gasteiger partial charge in [-0.3, -0.25) is 4.79 Å². The zero-order valence-corrected chi connectivity index (χ0v) is 17.2. The van der Waals surface area contributed by atoms with Crippen molar-refractivity contribution in [3.8, 4) is 11.1 Å². The second-order valence-corrected chi connectivity index (χ2v) is 7.39. The smallest absolute Gasteiger partial charge is 0.407 e. The summed E-state index contributed by atoms with van der Waals surface area (Å²) in [6.07, 6.45) is -0.796. The topological polar surface area (TPSA) is 108 Å². The van der Waals surface area contributed by atoms with E-state index in [2.05, 4.69) is 17.4 Å². The lowest BCUT2D eigenvalue weighted by Crippen LogP contribution is -2.29. The van der Waals surface area contributed by atoms with Crippen LogP contribution < -0.4 is 11.1 Å². The van der Waals surface area contributed by atoms with E-state index >= 15 is 0 Å². The second-order valence-electron chi connectivity index (χ2n) is 7.39. The Bertz CT molecular complexity index is 1110. The van der Waals surface area contributed by atoms with E-state index in [-0.39, 0.29) is 31.1 Å². The first-order valence-electron chi connectivity index (χ1n) is 10.2. The third-order valence-corrected chi connectivity index (χ3v) is 5.30. The number of nitrogens with one attached hydrogen (secondary N) is 1. The first-order valence-corrected chi connectivity index (χ1v) is 10.2. The van der Waals surface area contributed by atoms with E-state index < -0.39 is 18.0 Å². The molecule has 0 heterocycles. The van der Waals surface area contributed by atoms with Crippen LogP contribution in [0.2, 0.25) is 0 Å². The van der Waals surface area contributed by atoms with E-state index in [0.717, 1.165) is 22.3 Å². The molecule has 0 atom stereocenters. The van der Waals surface area contributed by atoms with Gasteiger partial charge in [0.1, 0.15) is 6.61 Å². The minimum atomic E-state index is -0.767. The first kappa shape index (κ1) is 21.1. The Hall–Kier alpha value is -4.13. The molecule has 0 spiro atoms. The molecule has 0 aromatic heterocycles. The van der Waals surface area contributed by atoms with Gasteiger partial charge >= 0.3 is 18.0 Å². The number of carbonyl (C=O) groups is 3. The van der Waals surface area contributed by atoms with Crippen LogP contribution in [-0.4, -0.2) is 31.2 Å². The van der Waals surface area contributed by atoms with Crippen LogP contribution in [0.4, 0.5) is 10.5 Å². The summed E-state index contributed by atoms with van der Waals surface area (Å²) in [5.41, 5.74) is 10.8. The Balaban J connectivity index is 1.24. The zero-order valence-electron chi connectivity index (χ0n) is 17.2. The SMILES string of the molecule is Nc1ccc(C(=O)OC(=O)CCNC(=O)OCC2c3ccccc3-c3ccccc32)cc1. The van der Waals surface area contributed by atoms with Gasteiger partial charge < -0.3 is 20.5 Å². The van der Waals surface area contributed by atoms with Gasteiger partial charge in [0.15, 0.2) is 0 Å². The monoisotopic (exact) mass is 430 g/mol. The zero-order chi connectivity index (χ0) is 22.5. The Morgan fingerprint density at radius 1 is 0.844 bits per heavy atom. The van der Waals surface area contributed by atoms with Gasteiger partial charge in [-0.25, -0.2) is 9.59 Å². The fraction of sp³-hybridized carbons (Fsp3) is 0.160. The minimum absolute atomic E-state index is 0.00940. The minimum Gasteiger partial charge on any atom is -0.449 e. The number of amides is 1. The van der Waals surface area contributed by atoms with Crippen LogP contribution in [0.25, 0.3) is 11.1 Å². The second kappa shape index (κ2) is 9.34. The molecule has 0 saturated carbocycles. The Labute approximate surface area is 185 Å². The molecule has 7 nitrogen and oxygen atoms in total. The molecule has 4 rings (SSSR count). The van der Waals surface area contributed by atoms with Crippen molar-refractivity contribution in [3.63, 3.8) is 0 Å². The van der Waals surface area contributed by atoms with Crippen molar-refractivity contribution in [1.29, 1.82) is 0 Å². The normalized spacial score (nSPS) is 11.9. The quantitative estimate of drug-likeness (QED) is 0.349. The molecule has 3 aromatic rings. The number of nitrogens with two attached hydrogens (primary N) is 1.